The zero-order valence-electron chi connectivity index (χ0n) is 14.6. The summed E-state index contributed by atoms with van der Waals surface area (Å²) in [5.74, 6) is 0.198. The Kier molecular flexibility index (Phi) is 6.73. The van der Waals surface area contributed by atoms with Crippen LogP contribution >= 0.6 is 34.8 Å². The fraction of sp³-hybridized carbons (Fsp3) is 0.278. The first-order valence-electron chi connectivity index (χ1n) is 8.39. The number of ether oxygens (including phenoxy) is 1. The Morgan fingerprint density at radius 1 is 0.929 bits per heavy atom. The third-order valence-electron chi connectivity index (χ3n) is 4.30. The van der Waals surface area contributed by atoms with Crippen molar-refractivity contribution in [2.75, 3.05) is 32.8 Å². The fourth-order valence-corrected chi connectivity index (χ4v) is 4.98. The number of nitrogens with zero attached hydrogens (tertiary/aromatic N) is 2. The Morgan fingerprint density at radius 2 is 1.61 bits per heavy atom. The Labute approximate surface area is 178 Å². The molecule has 0 aromatic heterocycles. The van der Waals surface area contributed by atoms with Gasteiger partial charge in [-0.15, -0.1) is 0 Å². The van der Waals surface area contributed by atoms with Crippen LogP contribution in [0.1, 0.15) is 0 Å². The molecule has 0 bridgehead atoms. The van der Waals surface area contributed by atoms with E-state index in [1.165, 1.54) is 22.5 Å². The van der Waals surface area contributed by atoms with Crippen LogP contribution in [0.2, 0.25) is 15.1 Å². The molecule has 0 radical (unpaired) electrons. The van der Waals surface area contributed by atoms with Crippen molar-refractivity contribution in [3.8, 4) is 5.75 Å². The largest absolute Gasteiger partial charge is 0.484 e. The zero-order chi connectivity index (χ0) is 20.3. The highest BCUT2D eigenvalue weighted by Crippen LogP contribution is 2.27. The van der Waals surface area contributed by atoms with E-state index in [0.29, 0.717) is 15.8 Å². The van der Waals surface area contributed by atoms with Crippen LogP contribution in [0.4, 0.5) is 0 Å². The van der Waals surface area contributed by atoms with Crippen LogP contribution < -0.4 is 4.74 Å². The van der Waals surface area contributed by atoms with Gasteiger partial charge in [-0.25, -0.2) is 8.42 Å². The van der Waals surface area contributed by atoms with Gasteiger partial charge >= 0.3 is 0 Å². The van der Waals surface area contributed by atoms with Crippen molar-refractivity contribution in [1.82, 2.24) is 9.21 Å². The molecule has 1 amide bonds. The molecule has 3 rings (SSSR count). The maximum Gasteiger partial charge on any atom is 0.260 e. The van der Waals surface area contributed by atoms with Crippen LogP contribution in [-0.4, -0.2) is 56.3 Å². The first-order valence-corrected chi connectivity index (χ1v) is 11.0. The van der Waals surface area contributed by atoms with Gasteiger partial charge in [-0.3, -0.25) is 4.79 Å². The number of benzene rings is 2. The number of piperazine rings is 1. The van der Waals surface area contributed by atoms with Crippen molar-refractivity contribution in [2.24, 2.45) is 0 Å². The van der Waals surface area contributed by atoms with Gasteiger partial charge in [-0.2, -0.15) is 4.31 Å². The smallest absolute Gasteiger partial charge is 0.260 e. The van der Waals surface area contributed by atoms with Crippen LogP contribution in [-0.2, 0) is 14.8 Å². The average Bonchev–Trinajstić information content (AvgIpc) is 2.69. The third kappa shape index (κ3) is 4.72. The molecule has 2 aromatic rings. The number of rotatable bonds is 5. The lowest BCUT2D eigenvalue weighted by atomic mass is 10.3. The molecule has 150 valence electrons. The summed E-state index contributed by atoms with van der Waals surface area (Å²) in [4.78, 5) is 14.0. The maximum atomic E-state index is 12.7. The molecule has 0 N–H and O–H groups in total. The van der Waals surface area contributed by atoms with Gasteiger partial charge in [0.05, 0.1) is 15.1 Å². The van der Waals surface area contributed by atoms with Crippen molar-refractivity contribution in [2.45, 2.75) is 4.90 Å². The topological polar surface area (TPSA) is 66.9 Å². The summed E-state index contributed by atoms with van der Waals surface area (Å²) in [5.41, 5.74) is 0. The lowest BCUT2D eigenvalue weighted by Crippen LogP contribution is -2.51. The number of sulfonamides is 1. The predicted molar refractivity (Wildman–Crippen MR) is 109 cm³/mol. The van der Waals surface area contributed by atoms with Crippen molar-refractivity contribution in [3.05, 3.63) is 57.5 Å². The predicted octanol–water partition coefficient (Wildman–Crippen LogP) is 3.56. The molecule has 0 spiro atoms. The number of amides is 1. The van der Waals surface area contributed by atoms with E-state index in [1.54, 1.807) is 29.2 Å². The van der Waals surface area contributed by atoms with Crippen LogP contribution in [0.5, 0.6) is 5.75 Å². The molecule has 1 heterocycles. The Balaban J connectivity index is 1.56. The summed E-state index contributed by atoms with van der Waals surface area (Å²) in [6.07, 6.45) is 0. The quantitative estimate of drug-likeness (QED) is 0.680. The summed E-state index contributed by atoms with van der Waals surface area (Å²) < 4.78 is 32.3. The molecular weight excluding hydrogens is 447 g/mol. The van der Waals surface area contributed by atoms with E-state index in [9.17, 15) is 13.2 Å². The monoisotopic (exact) mass is 462 g/mol. The van der Waals surface area contributed by atoms with Gasteiger partial charge in [0.2, 0.25) is 10.0 Å². The molecule has 1 saturated heterocycles. The molecule has 0 aliphatic carbocycles. The zero-order valence-corrected chi connectivity index (χ0v) is 17.7. The first kappa shape index (κ1) is 21.2. The second-order valence-corrected chi connectivity index (χ2v) is 9.21. The van der Waals surface area contributed by atoms with Crippen molar-refractivity contribution in [1.29, 1.82) is 0 Å². The molecule has 0 saturated carbocycles. The lowest BCUT2D eigenvalue weighted by Gasteiger charge is -2.34. The minimum atomic E-state index is -3.70. The van der Waals surface area contributed by atoms with E-state index >= 15 is 0 Å². The molecule has 1 fully saturated rings. The minimum absolute atomic E-state index is 0.0689. The molecule has 2 aromatic carbocycles. The van der Waals surface area contributed by atoms with Crippen molar-refractivity contribution < 1.29 is 17.9 Å². The van der Waals surface area contributed by atoms with Crippen LogP contribution in [0.25, 0.3) is 0 Å². The molecule has 10 heteroatoms. The summed E-state index contributed by atoms with van der Waals surface area (Å²) in [7, 11) is -3.70. The van der Waals surface area contributed by atoms with Crippen molar-refractivity contribution >= 4 is 50.7 Å². The number of carbonyl (C=O) groups excluding carboxylic acids is 1. The minimum Gasteiger partial charge on any atom is -0.484 e. The molecule has 0 atom stereocenters. The Hall–Kier alpha value is -1.51. The fourth-order valence-electron chi connectivity index (χ4n) is 2.77. The molecular formula is C18H17Cl3N2O4S. The van der Waals surface area contributed by atoms with Gasteiger partial charge in [-0.1, -0.05) is 46.9 Å². The van der Waals surface area contributed by atoms with E-state index in [-0.39, 0.29) is 48.6 Å². The summed E-state index contributed by atoms with van der Waals surface area (Å²) in [6.45, 7) is 0.744. The van der Waals surface area contributed by atoms with Gasteiger partial charge in [0.1, 0.15) is 10.6 Å². The van der Waals surface area contributed by atoms with Gasteiger partial charge in [0.25, 0.3) is 5.91 Å². The molecule has 1 aliphatic heterocycles. The molecule has 1 aliphatic rings. The normalized spacial score (nSPS) is 15.5. The Bertz CT molecular complexity index is 977. The Morgan fingerprint density at radius 3 is 2.25 bits per heavy atom. The van der Waals surface area contributed by atoms with Crippen molar-refractivity contribution in [3.63, 3.8) is 0 Å². The number of carbonyl (C=O) groups is 1. The summed E-state index contributed by atoms with van der Waals surface area (Å²) in [5, 5.41) is 0.914. The molecule has 6 nitrogen and oxygen atoms in total. The highest BCUT2D eigenvalue weighted by atomic mass is 35.5. The SMILES string of the molecule is O=C(COc1ccc(Cl)c(Cl)c1)N1CCN(S(=O)(=O)c2ccccc2Cl)CC1. The van der Waals surface area contributed by atoms with Gasteiger partial charge < -0.3 is 9.64 Å². The average molecular weight is 464 g/mol. The van der Waals surface area contributed by atoms with E-state index < -0.39 is 10.0 Å². The highest BCUT2D eigenvalue weighted by molar-refractivity contribution is 7.89. The van der Waals surface area contributed by atoms with Gasteiger partial charge in [0.15, 0.2) is 6.61 Å². The van der Waals surface area contributed by atoms with Crippen LogP contribution in [0.15, 0.2) is 47.4 Å². The second kappa shape index (κ2) is 8.88. The van der Waals surface area contributed by atoms with E-state index in [4.69, 9.17) is 39.5 Å². The lowest BCUT2D eigenvalue weighted by molar-refractivity contribution is -0.134. The van der Waals surface area contributed by atoms with E-state index in [2.05, 4.69) is 0 Å². The summed E-state index contributed by atoms with van der Waals surface area (Å²) >= 11 is 17.8. The van der Waals surface area contributed by atoms with Crippen LogP contribution in [0, 0.1) is 0 Å². The van der Waals surface area contributed by atoms with Gasteiger partial charge in [0, 0.05) is 32.2 Å². The number of halogens is 3. The van der Waals surface area contributed by atoms with E-state index in [0.717, 1.165) is 0 Å². The second-order valence-electron chi connectivity index (χ2n) is 6.08. The summed E-state index contributed by atoms with van der Waals surface area (Å²) in [6, 6.07) is 11.0. The highest BCUT2D eigenvalue weighted by Gasteiger charge is 2.31. The standard InChI is InChI=1S/C18H17Cl3N2O4S/c19-14-6-5-13(11-16(14)21)27-12-18(24)22-7-9-23(10-8-22)28(25,26)17-4-2-1-3-15(17)20/h1-6,11H,7-10,12H2. The van der Waals surface area contributed by atoms with E-state index in [1.807, 2.05) is 0 Å². The third-order valence-corrected chi connectivity index (χ3v) is 7.44. The van der Waals surface area contributed by atoms with Crippen LogP contribution in [0.3, 0.4) is 0 Å². The number of hydrogen-bond donors (Lipinski definition) is 0. The molecule has 28 heavy (non-hydrogen) atoms. The maximum absolute atomic E-state index is 12.7. The molecule has 0 unspecified atom stereocenters. The van der Waals surface area contributed by atoms with Gasteiger partial charge in [-0.05, 0) is 24.3 Å². The number of hydrogen-bond acceptors (Lipinski definition) is 4. The first-order chi connectivity index (χ1) is 13.3.